The van der Waals surface area contributed by atoms with Crippen molar-refractivity contribution in [2.75, 3.05) is 145 Å². The molecule has 0 N–H and O–H groups in total. The molecule has 0 radical (unpaired) electrons. The lowest BCUT2D eigenvalue weighted by molar-refractivity contribution is -0.0399. The largest absolute Gasteiger partial charge is 0.491 e. The van der Waals surface area contributed by atoms with Crippen LogP contribution in [-0.4, -0.2) is 145 Å². The van der Waals surface area contributed by atoms with E-state index in [2.05, 4.69) is 67.6 Å². The lowest BCUT2D eigenvalue weighted by Gasteiger charge is -2.36. The third kappa shape index (κ3) is 25.4. The first kappa shape index (κ1) is 55.8. The Morgan fingerprint density at radius 1 is 0.299 bits per heavy atom. The summed E-state index contributed by atoms with van der Waals surface area (Å²) in [5.41, 5.74) is 3.82. The summed E-state index contributed by atoms with van der Waals surface area (Å²) in [6.45, 7) is 13.2. The molecule has 12 nitrogen and oxygen atoms in total. The summed E-state index contributed by atoms with van der Waals surface area (Å²) in [5, 5.41) is 0. The fraction of sp³-hybridized carbons (Fsp3) is 0.564. The van der Waals surface area contributed by atoms with Gasteiger partial charge in [0.05, 0.1) is 139 Å². The highest BCUT2D eigenvalue weighted by molar-refractivity contribution is 5.47. The summed E-state index contributed by atoms with van der Waals surface area (Å²) >= 11 is 0. The summed E-state index contributed by atoms with van der Waals surface area (Å²) in [4.78, 5) is 0. The molecule has 372 valence electrons. The SMILES string of the molecule is CCCCCCCCc1ccc(OCCOCCOCCOCCOCCOCCOCCOCCOCCOCCOCCOC(c2ccccc2)(c2ccccc2)c2ccccc2)cc1. The molecule has 0 unspecified atom stereocenters. The molecule has 4 rings (SSSR count). The van der Waals surface area contributed by atoms with E-state index in [1.165, 1.54) is 44.1 Å². The van der Waals surface area contributed by atoms with E-state index in [4.69, 9.17) is 56.8 Å². The van der Waals surface area contributed by atoms with Gasteiger partial charge in [-0.05, 0) is 47.2 Å². The highest BCUT2D eigenvalue weighted by atomic mass is 16.6. The quantitative estimate of drug-likeness (QED) is 0.0312. The Labute approximate surface area is 401 Å². The van der Waals surface area contributed by atoms with Crippen LogP contribution in [0.2, 0.25) is 0 Å². The van der Waals surface area contributed by atoms with Gasteiger partial charge in [0.15, 0.2) is 0 Å². The third-order valence-corrected chi connectivity index (χ3v) is 10.7. The predicted octanol–water partition coefficient (Wildman–Crippen LogP) is 9.14. The summed E-state index contributed by atoms with van der Waals surface area (Å²) in [6.07, 6.45) is 9.07. The van der Waals surface area contributed by atoms with E-state index in [-0.39, 0.29) is 0 Å². The molecule has 0 heterocycles. The summed E-state index contributed by atoms with van der Waals surface area (Å²) in [5.74, 6) is 0.883. The highest BCUT2D eigenvalue weighted by Gasteiger charge is 2.37. The minimum atomic E-state index is -0.755. The average Bonchev–Trinajstić information content (AvgIpc) is 3.37. The Kier molecular flexibility index (Phi) is 32.6. The molecule has 0 aliphatic carbocycles. The molecule has 0 aliphatic rings. The molecule has 0 saturated carbocycles. The minimum Gasteiger partial charge on any atom is -0.491 e. The molecule has 0 amide bonds. The van der Waals surface area contributed by atoms with Gasteiger partial charge < -0.3 is 56.8 Å². The van der Waals surface area contributed by atoms with Crippen molar-refractivity contribution in [1.82, 2.24) is 0 Å². The van der Waals surface area contributed by atoms with Crippen LogP contribution in [-0.2, 0) is 64.1 Å². The standard InChI is InChI=1S/C55H80O12/c1-2-3-4-5-6-10-17-50-24-26-54(27-25-50)66-48-46-64-44-42-62-40-38-60-36-34-58-32-30-56-28-29-57-31-33-59-35-37-61-39-41-63-43-45-65-47-49-67-55(51-18-11-7-12-19-51,52-20-13-8-14-21-52)53-22-15-9-16-23-53/h7-9,11-16,18-27H,2-6,10,17,28-49H2,1H3. The van der Waals surface area contributed by atoms with Gasteiger partial charge in [0.1, 0.15) is 18.0 Å². The topological polar surface area (TPSA) is 111 Å². The van der Waals surface area contributed by atoms with E-state index >= 15 is 0 Å². The molecule has 4 aromatic carbocycles. The molecule has 0 saturated heterocycles. The van der Waals surface area contributed by atoms with Crippen LogP contribution in [0.5, 0.6) is 5.75 Å². The van der Waals surface area contributed by atoms with Crippen molar-refractivity contribution in [2.24, 2.45) is 0 Å². The van der Waals surface area contributed by atoms with Crippen molar-refractivity contribution in [3.05, 3.63) is 138 Å². The van der Waals surface area contributed by atoms with E-state index in [1.807, 2.05) is 54.6 Å². The lowest BCUT2D eigenvalue weighted by atomic mass is 9.80. The number of aryl methyl sites for hydroxylation is 1. The zero-order valence-corrected chi connectivity index (χ0v) is 40.4. The second-order valence-corrected chi connectivity index (χ2v) is 15.8. The van der Waals surface area contributed by atoms with Gasteiger partial charge >= 0.3 is 0 Å². The van der Waals surface area contributed by atoms with Gasteiger partial charge in [-0.25, -0.2) is 0 Å². The monoisotopic (exact) mass is 933 g/mol. The Balaban J connectivity index is 0.823. The summed E-state index contributed by atoms with van der Waals surface area (Å²) in [7, 11) is 0. The highest BCUT2D eigenvalue weighted by Crippen LogP contribution is 2.40. The summed E-state index contributed by atoms with van der Waals surface area (Å²) < 4.78 is 68.7. The predicted molar refractivity (Wildman–Crippen MR) is 262 cm³/mol. The molecule has 4 aromatic rings. The number of hydrogen-bond donors (Lipinski definition) is 0. The number of ether oxygens (including phenoxy) is 12. The van der Waals surface area contributed by atoms with Crippen LogP contribution in [0.25, 0.3) is 0 Å². The van der Waals surface area contributed by atoms with Crippen LogP contribution < -0.4 is 4.74 Å². The third-order valence-electron chi connectivity index (χ3n) is 10.7. The van der Waals surface area contributed by atoms with E-state index < -0.39 is 5.60 Å². The molecular weight excluding hydrogens is 853 g/mol. The van der Waals surface area contributed by atoms with Gasteiger partial charge in [-0.3, -0.25) is 0 Å². The number of rotatable bonds is 45. The van der Waals surface area contributed by atoms with Crippen LogP contribution in [0.15, 0.2) is 115 Å². The van der Waals surface area contributed by atoms with E-state index in [9.17, 15) is 0 Å². The van der Waals surface area contributed by atoms with Crippen molar-refractivity contribution >= 4 is 0 Å². The fourth-order valence-corrected chi connectivity index (χ4v) is 7.18. The van der Waals surface area contributed by atoms with Gasteiger partial charge in [-0.2, -0.15) is 0 Å². The van der Waals surface area contributed by atoms with Crippen molar-refractivity contribution in [3.8, 4) is 5.75 Å². The van der Waals surface area contributed by atoms with Gasteiger partial charge in [0, 0.05) is 0 Å². The number of benzene rings is 4. The molecule has 67 heavy (non-hydrogen) atoms. The smallest absolute Gasteiger partial charge is 0.143 e. The maximum Gasteiger partial charge on any atom is 0.143 e. The van der Waals surface area contributed by atoms with Crippen LogP contribution in [0.4, 0.5) is 0 Å². The zero-order valence-electron chi connectivity index (χ0n) is 40.4. The van der Waals surface area contributed by atoms with Crippen molar-refractivity contribution in [3.63, 3.8) is 0 Å². The summed E-state index contributed by atoms with van der Waals surface area (Å²) in [6, 6.07) is 39.5. The van der Waals surface area contributed by atoms with Gasteiger partial charge in [-0.15, -0.1) is 0 Å². The van der Waals surface area contributed by atoms with Gasteiger partial charge in [-0.1, -0.05) is 142 Å². The molecule has 0 aromatic heterocycles. The van der Waals surface area contributed by atoms with Gasteiger partial charge in [0.25, 0.3) is 0 Å². The Hall–Kier alpha value is -3.76. The fourth-order valence-electron chi connectivity index (χ4n) is 7.18. The second-order valence-electron chi connectivity index (χ2n) is 15.8. The molecule has 0 spiro atoms. The molecule has 0 atom stereocenters. The molecule has 12 heteroatoms. The van der Waals surface area contributed by atoms with Crippen molar-refractivity contribution < 1.29 is 56.8 Å². The maximum absolute atomic E-state index is 6.74. The maximum atomic E-state index is 6.74. The van der Waals surface area contributed by atoms with Gasteiger partial charge in [0.2, 0.25) is 0 Å². The Morgan fingerprint density at radius 2 is 0.597 bits per heavy atom. The van der Waals surface area contributed by atoms with Crippen LogP contribution in [0.3, 0.4) is 0 Å². The number of unbranched alkanes of at least 4 members (excludes halogenated alkanes) is 5. The molecular formula is C55H80O12. The first-order chi connectivity index (χ1) is 33.3. The molecule has 0 fully saturated rings. The second kappa shape index (κ2) is 39.1. The van der Waals surface area contributed by atoms with Crippen LogP contribution in [0.1, 0.15) is 67.7 Å². The first-order valence-corrected chi connectivity index (χ1v) is 24.6. The zero-order chi connectivity index (χ0) is 46.8. The molecule has 0 aliphatic heterocycles. The van der Waals surface area contributed by atoms with Crippen LogP contribution >= 0.6 is 0 Å². The normalized spacial score (nSPS) is 11.7. The van der Waals surface area contributed by atoms with Crippen molar-refractivity contribution in [2.45, 2.75) is 57.5 Å². The number of hydrogen-bond acceptors (Lipinski definition) is 12. The minimum absolute atomic E-state index is 0.414. The van der Waals surface area contributed by atoms with Crippen LogP contribution in [0, 0.1) is 0 Å². The lowest BCUT2D eigenvalue weighted by Crippen LogP contribution is -2.34. The van der Waals surface area contributed by atoms with E-state index in [0.29, 0.717) is 145 Å². The van der Waals surface area contributed by atoms with E-state index in [1.54, 1.807) is 0 Å². The Morgan fingerprint density at radius 3 is 0.940 bits per heavy atom. The average molecular weight is 933 g/mol. The Bertz CT molecular complexity index is 1570. The van der Waals surface area contributed by atoms with Crippen molar-refractivity contribution in [1.29, 1.82) is 0 Å². The molecule has 0 bridgehead atoms. The first-order valence-electron chi connectivity index (χ1n) is 24.6. The van der Waals surface area contributed by atoms with E-state index in [0.717, 1.165) is 28.9 Å².